The van der Waals surface area contributed by atoms with E-state index in [4.69, 9.17) is 27.9 Å². The number of thioether (sulfide) groups is 1. The van der Waals surface area contributed by atoms with Gasteiger partial charge in [-0.15, -0.1) is 10.2 Å². The molecule has 0 aliphatic heterocycles. The largest absolute Gasteiger partial charge is 0.486 e. The lowest BCUT2D eigenvalue weighted by Crippen LogP contribution is -2.15. The van der Waals surface area contributed by atoms with Crippen molar-refractivity contribution in [2.24, 2.45) is 0 Å². The molecule has 1 amide bonds. The fourth-order valence-corrected chi connectivity index (χ4v) is 3.61. The maximum Gasteiger partial charge on any atom is 0.234 e. The van der Waals surface area contributed by atoms with Crippen LogP contribution in [0.1, 0.15) is 18.3 Å². The Morgan fingerprint density at radius 2 is 2.10 bits per heavy atom. The Labute approximate surface area is 182 Å². The van der Waals surface area contributed by atoms with Crippen LogP contribution in [0.15, 0.2) is 41.7 Å². The summed E-state index contributed by atoms with van der Waals surface area (Å²) < 4.78 is 7.72. The molecule has 0 unspecified atom stereocenters. The maximum atomic E-state index is 12.2. The molecule has 10 heteroatoms. The van der Waals surface area contributed by atoms with E-state index in [0.717, 1.165) is 5.56 Å². The SMILES string of the molecule is CCn1c(COc2ccc(Cl)c(C)c2)nnc1SCC(=O)Nc1cccnc1Cl. The minimum Gasteiger partial charge on any atom is -0.486 e. The summed E-state index contributed by atoms with van der Waals surface area (Å²) in [5.41, 5.74) is 1.42. The molecule has 1 N–H and O–H groups in total. The number of nitrogens with one attached hydrogen (secondary N) is 1. The monoisotopic (exact) mass is 451 g/mol. The van der Waals surface area contributed by atoms with Gasteiger partial charge in [0.1, 0.15) is 12.4 Å². The van der Waals surface area contributed by atoms with Crippen LogP contribution in [0.2, 0.25) is 10.2 Å². The lowest BCUT2D eigenvalue weighted by atomic mass is 10.2. The molecule has 0 spiro atoms. The predicted octanol–water partition coefficient (Wildman–Crippen LogP) is 4.62. The summed E-state index contributed by atoms with van der Waals surface area (Å²) in [6, 6.07) is 8.88. The molecular formula is C19H19Cl2N5O2S. The molecule has 0 radical (unpaired) electrons. The molecule has 0 bridgehead atoms. The fourth-order valence-electron chi connectivity index (χ4n) is 2.50. The molecule has 0 aliphatic rings. The minimum atomic E-state index is -0.204. The normalized spacial score (nSPS) is 10.8. The van der Waals surface area contributed by atoms with Crippen LogP contribution in [0, 0.1) is 6.92 Å². The van der Waals surface area contributed by atoms with Crippen LogP contribution in [0.4, 0.5) is 5.69 Å². The minimum absolute atomic E-state index is 0.167. The van der Waals surface area contributed by atoms with Crippen LogP contribution in [-0.4, -0.2) is 31.4 Å². The van der Waals surface area contributed by atoms with Gasteiger partial charge in [-0.1, -0.05) is 35.0 Å². The van der Waals surface area contributed by atoms with Gasteiger partial charge in [0.2, 0.25) is 5.91 Å². The van der Waals surface area contributed by atoms with Crippen molar-refractivity contribution in [1.82, 2.24) is 19.7 Å². The number of hydrogen-bond acceptors (Lipinski definition) is 6. The first-order chi connectivity index (χ1) is 14.0. The number of benzene rings is 1. The highest BCUT2D eigenvalue weighted by molar-refractivity contribution is 7.99. The van der Waals surface area contributed by atoms with Crippen molar-refractivity contribution >= 4 is 46.6 Å². The number of pyridine rings is 1. The number of nitrogens with zero attached hydrogens (tertiary/aromatic N) is 4. The summed E-state index contributed by atoms with van der Waals surface area (Å²) in [7, 11) is 0. The Morgan fingerprint density at radius 3 is 2.83 bits per heavy atom. The van der Waals surface area contributed by atoms with Crippen molar-refractivity contribution in [3.8, 4) is 5.75 Å². The number of halogens is 2. The van der Waals surface area contributed by atoms with E-state index in [1.807, 2.05) is 30.5 Å². The number of amides is 1. The summed E-state index contributed by atoms with van der Waals surface area (Å²) in [4.78, 5) is 16.1. The van der Waals surface area contributed by atoms with E-state index in [1.54, 1.807) is 24.4 Å². The summed E-state index contributed by atoms with van der Waals surface area (Å²) in [6.07, 6.45) is 1.56. The first-order valence-electron chi connectivity index (χ1n) is 8.82. The van der Waals surface area contributed by atoms with Gasteiger partial charge in [-0.2, -0.15) is 0 Å². The molecular weight excluding hydrogens is 433 g/mol. The molecule has 3 aromatic rings. The van der Waals surface area contributed by atoms with E-state index < -0.39 is 0 Å². The van der Waals surface area contributed by atoms with Gasteiger partial charge in [-0.3, -0.25) is 4.79 Å². The van der Waals surface area contributed by atoms with Gasteiger partial charge >= 0.3 is 0 Å². The number of hydrogen-bond donors (Lipinski definition) is 1. The second kappa shape index (κ2) is 9.96. The molecule has 29 heavy (non-hydrogen) atoms. The van der Waals surface area contributed by atoms with Crippen molar-refractivity contribution in [2.75, 3.05) is 11.1 Å². The maximum absolute atomic E-state index is 12.2. The van der Waals surface area contributed by atoms with Crippen molar-refractivity contribution in [3.05, 3.63) is 58.1 Å². The van der Waals surface area contributed by atoms with Gasteiger partial charge in [-0.25, -0.2) is 4.98 Å². The molecule has 7 nitrogen and oxygen atoms in total. The Balaban J connectivity index is 1.59. The summed E-state index contributed by atoms with van der Waals surface area (Å²) in [5.74, 6) is 1.35. The Hall–Kier alpha value is -2.29. The van der Waals surface area contributed by atoms with E-state index in [1.165, 1.54) is 11.8 Å². The fraction of sp³-hybridized carbons (Fsp3) is 0.263. The zero-order valence-electron chi connectivity index (χ0n) is 15.9. The van der Waals surface area contributed by atoms with Gasteiger partial charge in [0, 0.05) is 17.8 Å². The predicted molar refractivity (Wildman–Crippen MR) is 115 cm³/mol. The van der Waals surface area contributed by atoms with Gasteiger partial charge < -0.3 is 14.6 Å². The highest BCUT2D eigenvalue weighted by Gasteiger charge is 2.14. The second-order valence-corrected chi connectivity index (χ2v) is 7.73. The van der Waals surface area contributed by atoms with E-state index in [0.29, 0.717) is 34.0 Å². The summed E-state index contributed by atoms with van der Waals surface area (Å²) in [5, 5.41) is 12.7. The number of aryl methyl sites for hydroxylation is 1. The van der Waals surface area contributed by atoms with E-state index in [2.05, 4.69) is 20.5 Å². The smallest absolute Gasteiger partial charge is 0.234 e. The number of anilines is 1. The van der Waals surface area contributed by atoms with Gasteiger partial charge in [0.25, 0.3) is 0 Å². The second-order valence-electron chi connectivity index (χ2n) is 6.02. The molecule has 0 fully saturated rings. The molecule has 2 heterocycles. The third-order valence-electron chi connectivity index (χ3n) is 3.97. The molecule has 152 valence electrons. The molecule has 0 saturated carbocycles. The van der Waals surface area contributed by atoms with Crippen LogP contribution in [0.3, 0.4) is 0 Å². The van der Waals surface area contributed by atoms with Crippen molar-refractivity contribution < 1.29 is 9.53 Å². The number of carbonyl (C=O) groups excluding carboxylic acids is 1. The Kier molecular flexibility index (Phi) is 7.35. The first kappa shape index (κ1) is 21.4. The topological polar surface area (TPSA) is 81.9 Å². The zero-order chi connectivity index (χ0) is 20.8. The molecule has 0 saturated heterocycles. The number of aromatic nitrogens is 4. The van der Waals surface area contributed by atoms with E-state index in [-0.39, 0.29) is 23.4 Å². The summed E-state index contributed by atoms with van der Waals surface area (Å²) in [6.45, 7) is 4.82. The van der Waals surface area contributed by atoms with Crippen LogP contribution < -0.4 is 10.1 Å². The molecule has 0 atom stereocenters. The van der Waals surface area contributed by atoms with Crippen molar-refractivity contribution in [3.63, 3.8) is 0 Å². The lowest BCUT2D eigenvalue weighted by molar-refractivity contribution is -0.113. The highest BCUT2D eigenvalue weighted by Crippen LogP contribution is 2.23. The van der Waals surface area contributed by atoms with Crippen LogP contribution in [0.5, 0.6) is 5.75 Å². The van der Waals surface area contributed by atoms with E-state index in [9.17, 15) is 4.79 Å². The Bertz CT molecular complexity index is 1010. The third-order valence-corrected chi connectivity index (χ3v) is 5.66. The van der Waals surface area contributed by atoms with Gasteiger partial charge in [0.05, 0.1) is 11.4 Å². The summed E-state index contributed by atoms with van der Waals surface area (Å²) >= 11 is 13.3. The average Bonchev–Trinajstić information content (AvgIpc) is 3.11. The molecule has 0 aliphatic carbocycles. The van der Waals surface area contributed by atoms with E-state index >= 15 is 0 Å². The molecule has 1 aromatic carbocycles. The van der Waals surface area contributed by atoms with Crippen LogP contribution in [-0.2, 0) is 17.9 Å². The molecule has 2 aromatic heterocycles. The van der Waals surface area contributed by atoms with Crippen molar-refractivity contribution in [2.45, 2.75) is 32.2 Å². The average molecular weight is 452 g/mol. The molecule has 3 rings (SSSR count). The van der Waals surface area contributed by atoms with Gasteiger partial charge in [-0.05, 0) is 49.7 Å². The van der Waals surface area contributed by atoms with Crippen LogP contribution >= 0.6 is 35.0 Å². The first-order valence-corrected chi connectivity index (χ1v) is 10.6. The number of carbonyl (C=O) groups is 1. The zero-order valence-corrected chi connectivity index (χ0v) is 18.2. The van der Waals surface area contributed by atoms with Crippen LogP contribution in [0.25, 0.3) is 0 Å². The quantitative estimate of drug-likeness (QED) is 0.397. The van der Waals surface area contributed by atoms with Gasteiger partial charge in [0.15, 0.2) is 16.1 Å². The van der Waals surface area contributed by atoms with Crippen molar-refractivity contribution in [1.29, 1.82) is 0 Å². The Morgan fingerprint density at radius 1 is 1.28 bits per heavy atom. The standard InChI is InChI=1S/C19H19Cl2N5O2S/c1-3-26-16(10-28-13-6-7-14(20)12(2)9-13)24-25-19(26)29-11-17(27)23-15-5-4-8-22-18(15)21/h4-9H,3,10-11H2,1-2H3,(H,23,27). The number of ether oxygens (including phenoxy) is 1. The highest BCUT2D eigenvalue weighted by atomic mass is 35.5. The number of rotatable bonds is 8. The lowest BCUT2D eigenvalue weighted by Gasteiger charge is -2.10. The third kappa shape index (κ3) is 5.62.